The number of pyridine rings is 1. The summed E-state index contributed by atoms with van der Waals surface area (Å²) in [4.78, 5) is 4.08. The zero-order chi connectivity index (χ0) is 15.1. The maximum Gasteiger partial charge on any atom is 0.175 e. The molecule has 1 aromatic carbocycles. The van der Waals surface area contributed by atoms with E-state index in [4.69, 9.17) is 9.47 Å². The first kappa shape index (κ1) is 15.8. The number of hydrogen-bond donors (Lipinski definition) is 1. The normalized spacial score (nSPS) is 10.4. The number of methoxy groups -OCH3 is 1. The van der Waals surface area contributed by atoms with E-state index in [1.807, 2.05) is 24.3 Å². The number of nitrogens with zero attached hydrogens (tertiary/aromatic N) is 1. The van der Waals surface area contributed by atoms with Gasteiger partial charge in [-0.05, 0) is 46.2 Å². The van der Waals surface area contributed by atoms with Gasteiger partial charge in [0.05, 0.1) is 11.6 Å². The van der Waals surface area contributed by atoms with E-state index in [1.54, 1.807) is 19.5 Å². The van der Waals surface area contributed by atoms with Crippen LogP contribution in [-0.4, -0.2) is 18.6 Å². The smallest absolute Gasteiger partial charge is 0.175 e. The molecule has 1 heterocycles. The van der Waals surface area contributed by atoms with Crippen molar-refractivity contribution < 1.29 is 9.47 Å². The van der Waals surface area contributed by atoms with Gasteiger partial charge >= 0.3 is 0 Å². The Kier molecular flexibility index (Phi) is 6.02. The van der Waals surface area contributed by atoms with Crippen LogP contribution in [0.5, 0.6) is 11.5 Å². The van der Waals surface area contributed by atoms with Crippen LogP contribution < -0.4 is 14.8 Å². The van der Waals surface area contributed by atoms with Crippen LogP contribution in [-0.2, 0) is 13.2 Å². The first-order chi connectivity index (χ1) is 10.2. The second-order valence-electron chi connectivity index (χ2n) is 4.54. The summed E-state index contributed by atoms with van der Waals surface area (Å²) in [5.74, 6) is 1.43. The zero-order valence-electron chi connectivity index (χ0n) is 12.2. The first-order valence-electron chi connectivity index (χ1n) is 6.83. The maximum atomic E-state index is 5.87. The van der Waals surface area contributed by atoms with E-state index in [0.29, 0.717) is 12.4 Å². The molecular weight excluding hydrogens is 332 g/mol. The van der Waals surface area contributed by atoms with Gasteiger partial charge in [0.1, 0.15) is 6.61 Å². The third-order valence-corrected chi connectivity index (χ3v) is 3.56. The van der Waals surface area contributed by atoms with E-state index < -0.39 is 0 Å². The van der Waals surface area contributed by atoms with Crippen LogP contribution in [0.25, 0.3) is 0 Å². The summed E-state index contributed by atoms with van der Waals surface area (Å²) in [6, 6.07) is 7.91. The van der Waals surface area contributed by atoms with Crippen LogP contribution >= 0.6 is 15.9 Å². The van der Waals surface area contributed by atoms with E-state index in [1.165, 1.54) is 0 Å². The summed E-state index contributed by atoms with van der Waals surface area (Å²) in [5.41, 5.74) is 2.16. The second-order valence-corrected chi connectivity index (χ2v) is 5.39. The quantitative estimate of drug-likeness (QED) is 0.829. The lowest BCUT2D eigenvalue weighted by atomic mass is 10.2. The average molecular weight is 351 g/mol. The average Bonchev–Trinajstić information content (AvgIpc) is 2.52. The predicted octanol–water partition coefficient (Wildman–Crippen LogP) is 3.54. The monoisotopic (exact) mass is 350 g/mol. The summed E-state index contributed by atoms with van der Waals surface area (Å²) in [7, 11) is 1.65. The fourth-order valence-corrected chi connectivity index (χ4v) is 2.53. The van der Waals surface area contributed by atoms with Crippen LogP contribution in [0.15, 0.2) is 41.1 Å². The molecule has 112 valence electrons. The third-order valence-electron chi connectivity index (χ3n) is 2.97. The lowest BCUT2D eigenvalue weighted by Gasteiger charge is -2.14. The third kappa shape index (κ3) is 4.44. The van der Waals surface area contributed by atoms with E-state index in [2.05, 4.69) is 33.2 Å². The standard InChI is InChI=1S/C16H19BrN2O2/c1-3-18-10-13-7-14(17)16(15(8-13)20-2)21-11-12-5-4-6-19-9-12/h4-9,18H,3,10-11H2,1-2H3. The molecule has 1 N–H and O–H groups in total. The van der Waals surface area contributed by atoms with Crippen LogP contribution in [0.3, 0.4) is 0 Å². The number of aromatic nitrogens is 1. The predicted molar refractivity (Wildman–Crippen MR) is 86.6 cm³/mol. The molecule has 0 amide bonds. The van der Waals surface area contributed by atoms with Crippen molar-refractivity contribution in [1.29, 1.82) is 0 Å². The van der Waals surface area contributed by atoms with Gasteiger partial charge in [0.15, 0.2) is 11.5 Å². The molecule has 0 radical (unpaired) electrons. The molecule has 0 aliphatic carbocycles. The van der Waals surface area contributed by atoms with Crippen LogP contribution in [0, 0.1) is 0 Å². The fourth-order valence-electron chi connectivity index (χ4n) is 1.92. The van der Waals surface area contributed by atoms with Crippen molar-refractivity contribution in [1.82, 2.24) is 10.3 Å². The van der Waals surface area contributed by atoms with Crippen molar-refractivity contribution in [2.75, 3.05) is 13.7 Å². The Labute approximate surface area is 133 Å². The number of benzene rings is 1. The number of ether oxygens (including phenoxy) is 2. The highest BCUT2D eigenvalue weighted by atomic mass is 79.9. The van der Waals surface area contributed by atoms with Gasteiger partial charge in [-0.3, -0.25) is 4.98 Å². The molecule has 0 bridgehead atoms. The Balaban J connectivity index is 2.14. The molecule has 1 aromatic heterocycles. The summed E-state index contributed by atoms with van der Waals surface area (Å²) < 4.78 is 12.2. The van der Waals surface area contributed by atoms with Gasteiger partial charge in [0, 0.05) is 24.5 Å². The minimum absolute atomic E-state index is 0.454. The summed E-state index contributed by atoms with van der Waals surface area (Å²) in [5, 5.41) is 3.29. The van der Waals surface area contributed by atoms with Gasteiger partial charge in [-0.2, -0.15) is 0 Å². The maximum absolute atomic E-state index is 5.87. The van der Waals surface area contributed by atoms with Gasteiger partial charge in [0.25, 0.3) is 0 Å². The minimum atomic E-state index is 0.454. The van der Waals surface area contributed by atoms with Crippen molar-refractivity contribution in [2.45, 2.75) is 20.1 Å². The first-order valence-corrected chi connectivity index (χ1v) is 7.62. The highest BCUT2D eigenvalue weighted by molar-refractivity contribution is 9.10. The molecule has 0 saturated heterocycles. The number of rotatable bonds is 7. The van der Waals surface area contributed by atoms with E-state index in [9.17, 15) is 0 Å². The molecule has 0 aliphatic heterocycles. The Morgan fingerprint density at radius 3 is 2.81 bits per heavy atom. The van der Waals surface area contributed by atoms with Gasteiger partial charge in [0.2, 0.25) is 0 Å². The van der Waals surface area contributed by atoms with Gasteiger partial charge in [-0.1, -0.05) is 13.0 Å². The van der Waals surface area contributed by atoms with E-state index in [0.717, 1.165) is 34.4 Å². The van der Waals surface area contributed by atoms with Crippen molar-refractivity contribution in [3.05, 3.63) is 52.3 Å². The second kappa shape index (κ2) is 8.00. The molecule has 0 fully saturated rings. The lowest BCUT2D eigenvalue weighted by molar-refractivity contribution is 0.282. The Morgan fingerprint density at radius 2 is 2.14 bits per heavy atom. The van der Waals surface area contributed by atoms with Gasteiger partial charge in [-0.25, -0.2) is 0 Å². The molecule has 0 atom stereocenters. The Bertz CT molecular complexity index is 576. The van der Waals surface area contributed by atoms with Crippen molar-refractivity contribution in [2.24, 2.45) is 0 Å². The molecule has 0 aliphatic rings. The minimum Gasteiger partial charge on any atom is -0.493 e. The lowest BCUT2D eigenvalue weighted by Crippen LogP contribution is -2.12. The van der Waals surface area contributed by atoms with E-state index in [-0.39, 0.29) is 0 Å². The van der Waals surface area contributed by atoms with Crippen LogP contribution in [0.2, 0.25) is 0 Å². The molecule has 2 rings (SSSR count). The highest BCUT2D eigenvalue weighted by Crippen LogP contribution is 2.37. The zero-order valence-corrected chi connectivity index (χ0v) is 13.8. The fraction of sp³-hybridized carbons (Fsp3) is 0.312. The van der Waals surface area contributed by atoms with Crippen LogP contribution in [0.1, 0.15) is 18.1 Å². The van der Waals surface area contributed by atoms with Crippen molar-refractivity contribution in [3.63, 3.8) is 0 Å². The molecule has 21 heavy (non-hydrogen) atoms. The molecule has 5 heteroatoms. The SMILES string of the molecule is CCNCc1cc(Br)c(OCc2cccnc2)c(OC)c1. The van der Waals surface area contributed by atoms with E-state index >= 15 is 0 Å². The topological polar surface area (TPSA) is 43.4 Å². The Hall–Kier alpha value is -1.59. The van der Waals surface area contributed by atoms with Crippen LogP contribution in [0.4, 0.5) is 0 Å². The molecule has 0 spiro atoms. The molecular formula is C16H19BrN2O2. The Morgan fingerprint density at radius 1 is 1.29 bits per heavy atom. The molecule has 4 nitrogen and oxygen atoms in total. The number of halogens is 1. The molecule has 0 unspecified atom stereocenters. The number of hydrogen-bond acceptors (Lipinski definition) is 4. The van der Waals surface area contributed by atoms with Crippen molar-refractivity contribution >= 4 is 15.9 Å². The molecule has 2 aromatic rings. The molecule has 0 saturated carbocycles. The largest absolute Gasteiger partial charge is 0.493 e. The van der Waals surface area contributed by atoms with Gasteiger partial charge < -0.3 is 14.8 Å². The van der Waals surface area contributed by atoms with Crippen molar-refractivity contribution in [3.8, 4) is 11.5 Å². The number of nitrogens with one attached hydrogen (secondary N) is 1. The van der Waals surface area contributed by atoms with Gasteiger partial charge in [-0.15, -0.1) is 0 Å². The summed E-state index contributed by atoms with van der Waals surface area (Å²) in [6.45, 7) is 4.26. The highest BCUT2D eigenvalue weighted by Gasteiger charge is 2.12. The summed E-state index contributed by atoms with van der Waals surface area (Å²) in [6.07, 6.45) is 3.54. The summed E-state index contributed by atoms with van der Waals surface area (Å²) >= 11 is 3.56.